The molecule has 2 aliphatic heterocycles. The second-order valence-electron chi connectivity index (χ2n) is 5.85. The molecule has 0 aromatic heterocycles. The van der Waals surface area contributed by atoms with Crippen molar-refractivity contribution in [1.29, 1.82) is 0 Å². The zero-order valence-electron chi connectivity index (χ0n) is 11.2. The molecule has 2 rings (SSSR count). The molecule has 0 radical (unpaired) electrons. The van der Waals surface area contributed by atoms with Crippen LogP contribution in [0.1, 0.15) is 46.0 Å². The number of nitrogens with zero attached hydrogens (tertiary/aromatic N) is 1. The van der Waals surface area contributed by atoms with Gasteiger partial charge in [-0.2, -0.15) is 0 Å². The lowest BCUT2D eigenvalue weighted by Crippen LogP contribution is -2.35. The van der Waals surface area contributed by atoms with Gasteiger partial charge in [-0.1, -0.05) is 13.8 Å². The second-order valence-corrected chi connectivity index (χ2v) is 5.85. The first-order chi connectivity index (χ1) is 8.20. The third-order valence-corrected chi connectivity index (χ3v) is 4.34. The van der Waals surface area contributed by atoms with Crippen LogP contribution in [0.25, 0.3) is 0 Å². The van der Waals surface area contributed by atoms with Gasteiger partial charge in [-0.05, 0) is 50.6 Å². The highest BCUT2D eigenvalue weighted by atomic mass is 16.2. The maximum atomic E-state index is 12.2. The van der Waals surface area contributed by atoms with Gasteiger partial charge >= 0.3 is 0 Å². The number of hydrogen-bond donors (Lipinski definition) is 1. The van der Waals surface area contributed by atoms with Crippen molar-refractivity contribution < 1.29 is 4.79 Å². The van der Waals surface area contributed by atoms with Gasteiger partial charge in [0.1, 0.15) is 0 Å². The molecular formula is C14H26N2O. The first kappa shape index (κ1) is 12.9. The van der Waals surface area contributed by atoms with Crippen LogP contribution < -0.4 is 5.32 Å². The van der Waals surface area contributed by atoms with Crippen LogP contribution in [0.3, 0.4) is 0 Å². The maximum absolute atomic E-state index is 12.2. The Kier molecular flexibility index (Phi) is 4.43. The summed E-state index contributed by atoms with van der Waals surface area (Å²) in [5.74, 6) is 1.82. The van der Waals surface area contributed by atoms with Gasteiger partial charge in [0.15, 0.2) is 0 Å². The summed E-state index contributed by atoms with van der Waals surface area (Å²) in [5, 5.41) is 3.37. The minimum absolute atomic E-state index is 0.396. The van der Waals surface area contributed by atoms with Crippen molar-refractivity contribution in [2.75, 3.05) is 19.6 Å². The van der Waals surface area contributed by atoms with E-state index < -0.39 is 0 Å². The van der Waals surface area contributed by atoms with Crippen molar-refractivity contribution in [1.82, 2.24) is 10.2 Å². The summed E-state index contributed by atoms with van der Waals surface area (Å²) in [4.78, 5) is 14.4. The molecule has 2 aliphatic rings. The van der Waals surface area contributed by atoms with E-state index in [0.717, 1.165) is 44.8 Å². The van der Waals surface area contributed by atoms with E-state index in [1.807, 2.05) is 0 Å². The Labute approximate surface area is 105 Å². The van der Waals surface area contributed by atoms with Gasteiger partial charge in [-0.3, -0.25) is 4.79 Å². The molecule has 1 amide bonds. The number of likely N-dealkylation sites (tertiary alicyclic amines) is 1. The molecule has 2 fully saturated rings. The van der Waals surface area contributed by atoms with E-state index in [-0.39, 0.29) is 0 Å². The Hall–Kier alpha value is -0.570. The second kappa shape index (κ2) is 5.85. The Bertz CT molecular complexity index is 261. The predicted octanol–water partition coefficient (Wildman–Crippen LogP) is 2.02. The van der Waals surface area contributed by atoms with Crippen LogP contribution in [-0.2, 0) is 4.79 Å². The summed E-state index contributed by atoms with van der Waals surface area (Å²) < 4.78 is 0. The van der Waals surface area contributed by atoms with E-state index in [9.17, 15) is 4.79 Å². The number of rotatable bonds is 4. The van der Waals surface area contributed by atoms with Gasteiger partial charge in [-0.15, -0.1) is 0 Å². The Balaban J connectivity index is 1.78. The summed E-state index contributed by atoms with van der Waals surface area (Å²) in [6, 6.07) is 0.513. The third-order valence-electron chi connectivity index (χ3n) is 4.34. The van der Waals surface area contributed by atoms with Crippen molar-refractivity contribution in [2.24, 2.45) is 11.8 Å². The molecule has 0 aromatic carbocycles. The average Bonchev–Trinajstić information content (AvgIpc) is 2.94. The lowest BCUT2D eigenvalue weighted by Gasteiger charge is -2.24. The Morgan fingerprint density at radius 3 is 2.94 bits per heavy atom. The molecule has 3 atom stereocenters. The minimum Gasteiger partial charge on any atom is -0.339 e. The van der Waals surface area contributed by atoms with E-state index in [4.69, 9.17) is 0 Å². The lowest BCUT2D eigenvalue weighted by atomic mass is 10.0. The van der Waals surface area contributed by atoms with E-state index in [2.05, 4.69) is 24.1 Å². The SMILES string of the molecule is CCC1CC(C)CN1C(=O)CCC1CCNC1. The summed E-state index contributed by atoms with van der Waals surface area (Å²) in [6.45, 7) is 7.69. The average molecular weight is 238 g/mol. The summed E-state index contributed by atoms with van der Waals surface area (Å²) in [6.07, 6.45) is 5.40. The van der Waals surface area contributed by atoms with Crippen molar-refractivity contribution in [3.05, 3.63) is 0 Å². The smallest absolute Gasteiger partial charge is 0.222 e. The van der Waals surface area contributed by atoms with Crippen LogP contribution in [0.2, 0.25) is 0 Å². The van der Waals surface area contributed by atoms with E-state index >= 15 is 0 Å². The van der Waals surface area contributed by atoms with Crippen LogP contribution in [0.4, 0.5) is 0 Å². The van der Waals surface area contributed by atoms with Gasteiger partial charge in [0.25, 0.3) is 0 Å². The van der Waals surface area contributed by atoms with Crippen molar-refractivity contribution in [3.63, 3.8) is 0 Å². The van der Waals surface area contributed by atoms with Crippen molar-refractivity contribution in [2.45, 2.75) is 52.0 Å². The van der Waals surface area contributed by atoms with Gasteiger partial charge in [0.05, 0.1) is 0 Å². The van der Waals surface area contributed by atoms with Crippen molar-refractivity contribution in [3.8, 4) is 0 Å². The van der Waals surface area contributed by atoms with Crippen LogP contribution in [0.15, 0.2) is 0 Å². The molecule has 0 aromatic rings. The highest BCUT2D eigenvalue weighted by Crippen LogP contribution is 2.26. The largest absolute Gasteiger partial charge is 0.339 e. The first-order valence-corrected chi connectivity index (χ1v) is 7.21. The Morgan fingerprint density at radius 1 is 1.47 bits per heavy atom. The zero-order valence-corrected chi connectivity index (χ0v) is 11.2. The predicted molar refractivity (Wildman–Crippen MR) is 69.8 cm³/mol. The van der Waals surface area contributed by atoms with E-state index in [0.29, 0.717) is 17.9 Å². The molecule has 3 heteroatoms. The number of hydrogen-bond acceptors (Lipinski definition) is 2. The topological polar surface area (TPSA) is 32.3 Å². The van der Waals surface area contributed by atoms with Crippen LogP contribution in [0.5, 0.6) is 0 Å². The fourth-order valence-corrected chi connectivity index (χ4v) is 3.28. The summed E-state index contributed by atoms with van der Waals surface area (Å²) >= 11 is 0. The third kappa shape index (κ3) is 3.21. The quantitative estimate of drug-likeness (QED) is 0.812. The molecule has 17 heavy (non-hydrogen) atoms. The lowest BCUT2D eigenvalue weighted by molar-refractivity contribution is -0.132. The van der Waals surface area contributed by atoms with Crippen LogP contribution in [-0.4, -0.2) is 36.5 Å². The van der Waals surface area contributed by atoms with Gasteiger partial charge in [-0.25, -0.2) is 0 Å². The van der Waals surface area contributed by atoms with Gasteiger partial charge < -0.3 is 10.2 Å². The molecule has 0 aliphatic carbocycles. The molecule has 1 N–H and O–H groups in total. The Morgan fingerprint density at radius 2 is 2.29 bits per heavy atom. The number of nitrogens with one attached hydrogen (secondary N) is 1. The zero-order chi connectivity index (χ0) is 12.3. The monoisotopic (exact) mass is 238 g/mol. The molecule has 0 bridgehead atoms. The minimum atomic E-state index is 0.396. The molecule has 2 heterocycles. The van der Waals surface area contributed by atoms with Crippen LogP contribution >= 0.6 is 0 Å². The molecule has 0 spiro atoms. The molecule has 2 saturated heterocycles. The first-order valence-electron chi connectivity index (χ1n) is 7.21. The fourth-order valence-electron chi connectivity index (χ4n) is 3.28. The standard InChI is InChI=1S/C14H26N2O/c1-3-13-8-11(2)10-16(13)14(17)5-4-12-6-7-15-9-12/h11-13,15H,3-10H2,1-2H3. The number of carbonyl (C=O) groups is 1. The normalized spacial score (nSPS) is 33.3. The number of carbonyl (C=O) groups excluding carboxylic acids is 1. The summed E-state index contributed by atoms with van der Waals surface area (Å²) in [7, 11) is 0. The molecule has 98 valence electrons. The molecule has 3 nitrogen and oxygen atoms in total. The maximum Gasteiger partial charge on any atom is 0.222 e. The number of amides is 1. The highest BCUT2D eigenvalue weighted by molar-refractivity contribution is 5.76. The van der Waals surface area contributed by atoms with E-state index in [1.54, 1.807) is 0 Å². The van der Waals surface area contributed by atoms with Crippen LogP contribution in [0, 0.1) is 11.8 Å². The molecule has 0 saturated carbocycles. The highest BCUT2D eigenvalue weighted by Gasteiger charge is 2.31. The fraction of sp³-hybridized carbons (Fsp3) is 0.929. The molecule has 3 unspecified atom stereocenters. The van der Waals surface area contributed by atoms with Gasteiger partial charge in [0.2, 0.25) is 5.91 Å². The van der Waals surface area contributed by atoms with Gasteiger partial charge in [0, 0.05) is 19.0 Å². The summed E-state index contributed by atoms with van der Waals surface area (Å²) in [5.41, 5.74) is 0. The van der Waals surface area contributed by atoms with Crippen molar-refractivity contribution >= 4 is 5.91 Å². The van der Waals surface area contributed by atoms with E-state index in [1.165, 1.54) is 12.8 Å². The molecular weight excluding hydrogens is 212 g/mol.